The summed E-state index contributed by atoms with van der Waals surface area (Å²) >= 11 is 0. The first kappa shape index (κ1) is 95.5. The van der Waals surface area contributed by atoms with Crippen molar-refractivity contribution >= 4 is 0 Å². The smallest absolute Gasteiger partial charge is 1.00 e. The fourth-order valence-electron chi connectivity index (χ4n) is 0. The minimum Gasteiger partial charge on any atom is -1.00 e. The molecule has 0 aromatic carbocycles. The molecule has 0 heterocycles. The molecule has 0 aromatic heterocycles. The summed E-state index contributed by atoms with van der Waals surface area (Å²) in [4.78, 5) is 0. The van der Waals surface area contributed by atoms with Crippen LogP contribution < -0.4 is 29.6 Å². The molecule has 0 unspecified atom stereocenters. The first-order valence-corrected chi connectivity index (χ1v) is 1.55. The first-order valence-electron chi connectivity index (χ1n) is 1.55. The van der Waals surface area contributed by atoms with E-state index in [0.29, 0.717) is 0 Å². The van der Waals surface area contributed by atoms with E-state index < -0.39 is 0 Å². The predicted octanol–water partition coefficient (Wildman–Crippen LogP) is -2.05. The molecule has 0 saturated heterocycles. The van der Waals surface area contributed by atoms with Crippen molar-refractivity contribution in [2.45, 2.75) is 0 Å². The molecule has 81 valence electrons. The van der Waals surface area contributed by atoms with Crippen LogP contribution in [0.1, 0.15) is 1.43 Å². The quantitative estimate of drug-likeness (QED) is 0.400. The molecular formula is C6H7CeFeMnN6Na. The Morgan fingerprint density at radius 3 is 0.500 bits per heavy atom. The van der Waals surface area contributed by atoms with Gasteiger partial charge in [-0.2, -0.15) is 0 Å². The number of rotatable bonds is 0. The van der Waals surface area contributed by atoms with E-state index in [1.807, 2.05) is 0 Å². The van der Waals surface area contributed by atoms with Gasteiger partial charge in [-0.05, 0) is 0 Å². The van der Waals surface area contributed by atoms with Crippen molar-refractivity contribution in [1.29, 1.82) is 31.6 Å². The van der Waals surface area contributed by atoms with E-state index in [-0.39, 0.29) is 107 Å². The minimum absolute atomic E-state index is 0. The third kappa shape index (κ3) is 20300. The van der Waals surface area contributed by atoms with Crippen LogP contribution >= 0.6 is 0 Å². The van der Waals surface area contributed by atoms with E-state index in [9.17, 15) is 0 Å². The Bertz CT molecular complexity index is 114. The van der Waals surface area contributed by atoms with Gasteiger partial charge < -0.3 is 1.43 Å². The average Bonchev–Trinajstić information content (AvgIpc) is 2.33. The standard InChI is InChI=1S/6CHN.Ce.Fe.Mn.Na.H/c6*1-2;;;;;/h6*1H;;;;;/q;;;;;;;;;+1;-1. The molecule has 0 atom stereocenters. The van der Waals surface area contributed by atoms with Crippen LogP contribution in [-0.2, 0) is 34.1 Å². The Balaban J connectivity index is -0.00000000267. The molecule has 0 aliphatic heterocycles. The van der Waals surface area contributed by atoms with Crippen molar-refractivity contribution in [3.63, 3.8) is 0 Å². The molecule has 0 fully saturated rings. The molecule has 0 spiro atoms. The van der Waals surface area contributed by atoms with Crippen LogP contribution in [-0.4, -0.2) is 0 Å². The summed E-state index contributed by atoms with van der Waals surface area (Å²) < 4.78 is 0. The summed E-state index contributed by atoms with van der Waals surface area (Å²) in [6.07, 6.45) is 0. The van der Waals surface area contributed by atoms with Gasteiger partial charge in [0.25, 0.3) is 0 Å². The van der Waals surface area contributed by atoms with Crippen LogP contribution in [0, 0.1) is 113 Å². The minimum atomic E-state index is 0. The predicted molar refractivity (Wildman–Crippen MR) is 41.1 cm³/mol. The van der Waals surface area contributed by atoms with E-state index in [1.165, 1.54) is 0 Å². The SMILES string of the molecule is C#N.C#N.C#N.C#N.C#N.C#N.[Ce].[Fe].[H-].[Mn].[Na+]. The monoisotopic (exact) mass is 437 g/mol. The van der Waals surface area contributed by atoms with Gasteiger partial charge in [-0.1, -0.05) is 0 Å². The van der Waals surface area contributed by atoms with Crippen LogP contribution in [0.15, 0.2) is 0 Å². The maximum absolute atomic E-state index is 6.50. The largest absolute Gasteiger partial charge is 1.00 e. The first-order chi connectivity index (χ1) is 6.00. The second-order valence-electron chi connectivity index (χ2n) is 0. The maximum Gasteiger partial charge on any atom is 1.00 e. The molecule has 0 aliphatic rings. The Labute approximate surface area is 175 Å². The van der Waals surface area contributed by atoms with Crippen LogP contribution in [0.3, 0.4) is 0 Å². The third-order valence-electron chi connectivity index (χ3n) is 0. The van der Waals surface area contributed by atoms with Gasteiger partial charge in [-0.15, -0.1) is 0 Å². The summed E-state index contributed by atoms with van der Waals surface area (Å²) in [6.45, 7) is 21.0. The Morgan fingerprint density at radius 1 is 0.500 bits per heavy atom. The molecule has 16 heavy (non-hydrogen) atoms. The van der Waals surface area contributed by atoms with Crippen molar-refractivity contribution in [2.75, 3.05) is 0 Å². The normalized spacial score (nSPS) is 0.750. The molecule has 0 aromatic rings. The Morgan fingerprint density at radius 2 is 0.500 bits per heavy atom. The van der Waals surface area contributed by atoms with Crippen molar-refractivity contribution < 1.29 is 107 Å². The Hall–Kier alpha value is 0.356. The third-order valence-corrected chi connectivity index (χ3v) is 0. The summed E-state index contributed by atoms with van der Waals surface area (Å²) in [7, 11) is 0. The average molecular weight is 437 g/mol. The topological polar surface area (TPSA) is 143 Å². The Kier molecular flexibility index (Phi) is 149000. The summed E-state index contributed by atoms with van der Waals surface area (Å²) in [5.41, 5.74) is 0. The molecule has 0 bridgehead atoms. The van der Waals surface area contributed by atoms with Crippen LogP contribution in [0.2, 0.25) is 0 Å². The van der Waals surface area contributed by atoms with E-state index in [1.54, 1.807) is 0 Å². The van der Waals surface area contributed by atoms with Gasteiger partial charge in [-0.3, -0.25) is 0 Å². The number of hydrogen-bond acceptors (Lipinski definition) is 6. The molecular weight excluding hydrogens is 430 g/mol. The maximum atomic E-state index is 6.50. The van der Waals surface area contributed by atoms with Gasteiger partial charge in [-0.25, -0.2) is 31.6 Å². The number of hydrogen-bond donors (Lipinski definition) is 0. The van der Waals surface area contributed by atoms with E-state index in [0.717, 1.165) is 0 Å². The fourth-order valence-corrected chi connectivity index (χ4v) is 0. The fraction of sp³-hybridized carbons (Fsp3) is 0. The number of nitrogens with zero attached hydrogens (tertiary/aromatic N) is 6. The molecule has 0 saturated carbocycles. The van der Waals surface area contributed by atoms with Gasteiger partial charge in [0, 0.05) is 115 Å². The zero-order valence-electron chi connectivity index (χ0n) is 9.38. The zero-order chi connectivity index (χ0) is 12.0. The second kappa shape index (κ2) is 25000. The van der Waals surface area contributed by atoms with Gasteiger partial charge >= 0.3 is 29.6 Å². The molecule has 0 amide bonds. The summed E-state index contributed by atoms with van der Waals surface area (Å²) in [5.74, 6) is 0. The summed E-state index contributed by atoms with van der Waals surface area (Å²) in [5, 5.41) is 39.0. The van der Waals surface area contributed by atoms with Crippen molar-refractivity contribution in [3.8, 4) is 39.4 Å². The van der Waals surface area contributed by atoms with Gasteiger partial charge in [0.15, 0.2) is 0 Å². The van der Waals surface area contributed by atoms with Crippen molar-refractivity contribution in [3.05, 3.63) is 0 Å². The van der Waals surface area contributed by atoms with Gasteiger partial charge in [0.2, 0.25) is 0 Å². The second-order valence-corrected chi connectivity index (χ2v) is 0. The van der Waals surface area contributed by atoms with Gasteiger partial charge in [0.05, 0.1) is 0 Å². The van der Waals surface area contributed by atoms with Gasteiger partial charge in [0.1, 0.15) is 0 Å². The van der Waals surface area contributed by atoms with Crippen molar-refractivity contribution in [1.82, 2.24) is 0 Å². The zero-order valence-corrected chi connectivity index (χ0v) is 15.8. The van der Waals surface area contributed by atoms with Crippen LogP contribution in [0.25, 0.3) is 0 Å². The molecule has 10 heteroatoms. The molecule has 1 radical (unpaired) electrons. The van der Waals surface area contributed by atoms with E-state index in [2.05, 4.69) is 39.4 Å². The number of nitriles is 6. The van der Waals surface area contributed by atoms with E-state index >= 15 is 0 Å². The molecule has 6 nitrogen and oxygen atoms in total. The van der Waals surface area contributed by atoms with Crippen LogP contribution in [0.4, 0.5) is 0 Å². The van der Waals surface area contributed by atoms with Crippen molar-refractivity contribution in [2.24, 2.45) is 0 Å². The molecule has 0 rings (SSSR count). The molecule has 0 aliphatic carbocycles. The summed E-state index contributed by atoms with van der Waals surface area (Å²) in [6, 6.07) is 0. The van der Waals surface area contributed by atoms with E-state index in [4.69, 9.17) is 31.6 Å². The molecule has 0 N–H and O–H groups in total. The van der Waals surface area contributed by atoms with Crippen LogP contribution in [0.5, 0.6) is 0 Å².